The number of nitrogens with zero attached hydrogens (tertiary/aromatic N) is 3. The van der Waals surface area contributed by atoms with Crippen LogP contribution in [0.25, 0.3) is 11.0 Å². The molecule has 6 nitrogen and oxygen atoms in total. The maximum Gasteiger partial charge on any atom is 0.251 e. The minimum absolute atomic E-state index is 0.165. The predicted molar refractivity (Wildman–Crippen MR) is 148 cm³/mol. The average molecular weight is 521 g/mol. The molecule has 1 heterocycles. The zero-order valence-electron chi connectivity index (χ0n) is 21.5. The molecule has 196 valence electrons. The first-order valence-corrected chi connectivity index (χ1v) is 14.3. The van der Waals surface area contributed by atoms with E-state index < -0.39 is 0 Å². The number of benzene rings is 2. The summed E-state index contributed by atoms with van der Waals surface area (Å²) in [6.45, 7) is 0.725. The Balaban J connectivity index is 1.34. The van der Waals surface area contributed by atoms with Crippen LogP contribution in [-0.4, -0.2) is 44.9 Å². The van der Waals surface area contributed by atoms with Crippen LogP contribution in [0.1, 0.15) is 80.4 Å². The summed E-state index contributed by atoms with van der Waals surface area (Å²) in [6, 6.07) is 15.7. The largest absolute Gasteiger partial charge is 0.352 e. The van der Waals surface area contributed by atoms with E-state index in [4.69, 9.17) is 16.6 Å². The summed E-state index contributed by atoms with van der Waals surface area (Å²) in [4.78, 5) is 33.7. The van der Waals surface area contributed by atoms with E-state index in [0.29, 0.717) is 42.2 Å². The Labute approximate surface area is 224 Å². The molecular weight excluding hydrogens is 484 g/mol. The molecule has 0 saturated heterocycles. The molecule has 7 heteroatoms. The number of imidazole rings is 1. The summed E-state index contributed by atoms with van der Waals surface area (Å²) in [5.41, 5.74) is 2.39. The van der Waals surface area contributed by atoms with Crippen molar-refractivity contribution in [3.63, 3.8) is 0 Å². The first-order chi connectivity index (χ1) is 18.1. The maximum atomic E-state index is 14.0. The molecule has 2 aliphatic carbocycles. The molecule has 5 rings (SSSR count). The van der Waals surface area contributed by atoms with Gasteiger partial charge in [0.05, 0.1) is 11.0 Å². The molecule has 2 aromatic carbocycles. The molecule has 2 amide bonds. The van der Waals surface area contributed by atoms with Crippen LogP contribution in [0.5, 0.6) is 0 Å². The van der Waals surface area contributed by atoms with Gasteiger partial charge in [-0.1, -0.05) is 68.3 Å². The van der Waals surface area contributed by atoms with Gasteiger partial charge in [-0.15, -0.1) is 0 Å². The summed E-state index contributed by atoms with van der Waals surface area (Å²) >= 11 is 6.04. The van der Waals surface area contributed by atoms with Gasteiger partial charge in [-0.3, -0.25) is 9.59 Å². The van der Waals surface area contributed by atoms with E-state index in [1.807, 2.05) is 24.3 Å². The zero-order chi connectivity index (χ0) is 25.6. The van der Waals surface area contributed by atoms with Crippen molar-refractivity contribution in [1.82, 2.24) is 19.8 Å². The van der Waals surface area contributed by atoms with Crippen LogP contribution in [0, 0.1) is 0 Å². The van der Waals surface area contributed by atoms with Crippen molar-refractivity contribution in [1.29, 1.82) is 0 Å². The Kier molecular flexibility index (Phi) is 8.45. The fourth-order valence-corrected chi connectivity index (χ4v) is 6.34. The van der Waals surface area contributed by atoms with Crippen LogP contribution in [0.15, 0.2) is 48.5 Å². The van der Waals surface area contributed by atoms with Crippen LogP contribution in [0.2, 0.25) is 5.02 Å². The van der Waals surface area contributed by atoms with Gasteiger partial charge in [-0.05, 0) is 56.0 Å². The van der Waals surface area contributed by atoms with Crippen molar-refractivity contribution in [2.45, 2.75) is 89.3 Å². The van der Waals surface area contributed by atoms with Gasteiger partial charge in [0.25, 0.3) is 5.91 Å². The number of carbonyl (C=O) groups is 2. The normalized spacial score (nSPS) is 17.1. The van der Waals surface area contributed by atoms with E-state index in [1.165, 1.54) is 38.5 Å². The van der Waals surface area contributed by atoms with E-state index >= 15 is 0 Å². The van der Waals surface area contributed by atoms with Crippen LogP contribution < -0.4 is 5.32 Å². The van der Waals surface area contributed by atoms with Gasteiger partial charge in [-0.2, -0.15) is 0 Å². The van der Waals surface area contributed by atoms with Gasteiger partial charge in [-0.25, -0.2) is 4.98 Å². The lowest BCUT2D eigenvalue weighted by molar-refractivity contribution is -0.138. The van der Waals surface area contributed by atoms with E-state index in [9.17, 15) is 9.59 Å². The molecule has 2 aliphatic rings. The Morgan fingerprint density at radius 1 is 0.919 bits per heavy atom. The van der Waals surface area contributed by atoms with Crippen molar-refractivity contribution in [2.24, 2.45) is 0 Å². The molecule has 1 N–H and O–H groups in total. The van der Waals surface area contributed by atoms with Crippen molar-refractivity contribution in [3.8, 4) is 0 Å². The number of hydrogen-bond acceptors (Lipinski definition) is 3. The highest BCUT2D eigenvalue weighted by molar-refractivity contribution is 6.30. The lowest BCUT2D eigenvalue weighted by atomic mass is 9.88. The number of carbonyl (C=O) groups excluding carboxylic acids is 2. The molecule has 0 bridgehead atoms. The average Bonchev–Trinajstić information content (AvgIpc) is 3.27. The number of fused-ring (bicyclic) bond motifs is 1. The molecule has 0 radical (unpaired) electrons. The molecule has 2 saturated carbocycles. The third-order valence-corrected chi connectivity index (χ3v) is 8.21. The van der Waals surface area contributed by atoms with E-state index in [0.717, 1.165) is 42.5 Å². The molecule has 0 spiro atoms. The number of hydrogen-bond donors (Lipinski definition) is 1. The highest BCUT2D eigenvalue weighted by Gasteiger charge is 2.33. The number of halogens is 1. The van der Waals surface area contributed by atoms with Gasteiger partial charge in [0.15, 0.2) is 0 Å². The van der Waals surface area contributed by atoms with Gasteiger partial charge >= 0.3 is 0 Å². The molecular formula is C30H37ClN4O2. The molecule has 0 unspecified atom stereocenters. The van der Waals surface area contributed by atoms with E-state index in [-0.39, 0.29) is 11.8 Å². The van der Waals surface area contributed by atoms with Crippen molar-refractivity contribution in [2.75, 3.05) is 6.54 Å². The minimum atomic E-state index is -0.165. The van der Waals surface area contributed by atoms with Crippen LogP contribution >= 0.6 is 11.6 Å². The highest BCUT2D eigenvalue weighted by atomic mass is 35.5. The Morgan fingerprint density at radius 3 is 2.27 bits per heavy atom. The van der Waals surface area contributed by atoms with Gasteiger partial charge in [0, 0.05) is 35.6 Å². The molecule has 0 aliphatic heterocycles. The number of nitrogens with one attached hydrogen (secondary N) is 1. The highest BCUT2D eigenvalue weighted by Crippen LogP contribution is 2.31. The predicted octanol–water partition coefficient (Wildman–Crippen LogP) is 6.16. The summed E-state index contributed by atoms with van der Waals surface area (Å²) in [7, 11) is 0. The summed E-state index contributed by atoms with van der Waals surface area (Å²) in [6.07, 6.45) is 12.4. The van der Waals surface area contributed by atoms with Crippen molar-refractivity contribution >= 4 is 34.4 Å². The molecule has 37 heavy (non-hydrogen) atoms. The second-order valence-electron chi connectivity index (χ2n) is 10.5. The lowest BCUT2D eigenvalue weighted by Crippen LogP contribution is -2.50. The summed E-state index contributed by atoms with van der Waals surface area (Å²) in [5, 5.41) is 3.52. The minimum Gasteiger partial charge on any atom is -0.352 e. The lowest BCUT2D eigenvalue weighted by Gasteiger charge is -2.42. The van der Waals surface area contributed by atoms with E-state index in [1.54, 1.807) is 24.3 Å². The second-order valence-corrected chi connectivity index (χ2v) is 10.9. The zero-order valence-corrected chi connectivity index (χ0v) is 22.3. The standard InChI is InChI=1S/C30H37ClN4O2/c31-23-11-9-10-22(20-23)30(37)32-19-18-28-33-26-16-7-8-17-27(26)34(28)21-29(36)35(24-12-3-1-4-13-24)25-14-5-2-6-15-25/h7-11,16-17,20,24-25H,1-6,12-15,18-19,21H2,(H,32,37). The number of amides is 2. The van der Waals surface area contributed by atoms with Crippen molar-refractivity contribution in [3.05, 3.63) is 64.9 Å². The number of rotatable bonds is 8. The van der Waals surface area contributed by atoms with Crippen molar-refractivity contribution < 1.29 is 9.59 Å². The Morgan fingerprint density at radius 2 is 1.59 bits per heavy atom. The Hall–Kier alpha value is -2.86. The molecule has 0 atom stereocenters. The van der Waals surface area contributed by atoms with Crippen LogP contribution in [-0.2, 0) is 17.8 Å². The molecule has 3 aromatic rings. The maximum absolute atomic E-state index is 14.0. The third kappa shape index (κ3) is 6.18. The van der Waals surface area contributed by atoms with E-state index in [2.05, 4.69) is 14.8 Å². The second kappa shape index (κ2) is 12.1. The SMILES string of the molecule is O=C(NCCc1nc2ccccc2n1CC(=O)N(C1CCCCC1)C1CCCCC1)c1cccc(Cl)c1. The van der Waals surface area contributed by atoms with Crippen LogP contribution in [0.4, 0.5) is 0 Å². The van der Waals surface area contributed by atoms with Gasteiger partial charge in [0.2, 0.25) is 5.91 Å². The fraction of sp³-hybridized carbons (Fsp3) is 0.500. The number of aromatic nitrogens is 2. The third-order valence-electron chi connectivity index (χ3n) is 7.97. The summed E-state index contributed by atoms with van der Waals surface area (Å²) < 4.78 is 2.07. The fourth-order valence-electron chi connectivity index (χ4n) is 6.15. The smallest absolute Gasteiger partial charge is 0.251 e. The first-order valence-electron chi connectivity index (χ1n) is 13.9. The van der Waals surface area contributed by atoms with Gasteiger partial charge < -0.3 is 14.8 Å². The Bertz CT molecular complexity index is 1210. The van der Waals surface area contributed by atoms with Crippen LogP contribution in [0.3, 0.4) is 0 Å². The summed E-state index contributed by atoms with van der Waals surface area (Å²) in [5.74, 6) is 0.876. The quantitative estimate of drug-likeness (QED) is 0.387. The van der Waals surface area contributed by atoms with Gasteiger partial charge in [0.1, 0.15) is 12.4 Å². The monoisotopic (exact) mass is 520 g/mol. The first kappa shape index (κ1) is 25.8. The number of para-hydroxylation sites is 2. The topological polar surface area (TPSA) is 67.2 Å². The molecule has 1 aromatic heterocycles. The molecule has 2 fully saturated rings.